The molecule has 1 fully saturated rings. The van der Waals surface area contributed by atoms with E-state index in [1.165, 1.54) is 0 Å². The van der Waals surface area contributed by atoms with Crippen LogP contribution in [0.3, 0.4) is 0 Å². The summed E-state index contributed by atoms with van der Waals surface area (Å²) in [7, 11) is 0. The van der Waals surface area contributed by atoms with Crippen molar-refractivity contribution in [3.8, 4) is 0 Å². The van der Waals surface area contributed by atoms with Crippen LogP contribution in [-0.2, 0) is 9.53 Å². The lowest BCUT2D eigenvalue weighted by atomic mass is 10.2. The molecule has 4 nitrogen and oxygen atoms in total. The molecular formula is C12H17ClN2O2. The first-order valence-electron chi connectivity index (χ1n) is 5.43. The molecule has 1 heterocycles. The number of carbonyl (C=O) groups is 1. The lowest BCUT2D eigenvalue weighted by Crippen LogP contribution is -2.49. The van der Waals surface area contributed by atoms with Gasteiger partial charge in [0.15, 0.2) is 0 Å². The van der Waals surface area contributed by atoms with Crippen molar-refractivity contribution in [1.82, 2.24) is 5.32 Å². The van der Waals surface area contributed by atoms with Crippen LogP contribution in [0.4, 0.5) is 5.69 Å². The first-order chi connectivity index (χ1) is 7.74. The van der Waals surface area contributed by atoms with Crippen molar-refractivity contribution in [2.24, 2.45) is 0 Å². The van der Waals surface area contributed by atoms with Crippen LogP contribution >= 0.6 is 12.4 Å². The predicted molar refractivity (Wildman–Crippen MR) is 69.7 cm³/mol. The zero-order chi connectivity index (χ0) is 11.4. The fraction of sp³-hybridized carbons (Fsp3) is 0.417. The van der Waals surface area contributed by atoms with Crippen LogP contribution in [0, 0.1) is 6.92 Å². The Morgan fingerprint density at radius 3 is 2.88 bits per heavy atom. The molecule has 94 valence electrons. The van der Waals surface area contributed by atoms with E-state index >= 15 is 0 Å². The third-order valence-electron chi connectivity index (χ3n) is 2.50. The highest BCUT2D eigenvalue weighted by Crippen LogP contribution is 2.09. The SMILES string of the molecule is Cc1cccc(NC(=O)COC2CNC2)c1.Cl. The number of benzene rings is 1. The molecule has 0 bridgehead atoms. The summed E-state index contributed by atoms with van der Waals surface area (Å²) in [4.78, 5) is 11.5. The van der Waals surface area contributed by atoms with Crippen molar-refractivity contribution in [1.29, 1.82) is 0 Å². The van der Waals surface area contributed by atoms with E-state index in [9.17, 15) is 4.79 Å². The Hall–Kier alpha value is -1.10. The van der Waals surface area contributed by atoms with Gasteiger partial charge in [0.05, 0.1) is 6.10 Å². The fourth-order valence-electron chi connectivity index (χ4n) is 1.49. The number of nitrogens with one attached hydrogen (secondary N) is 2. The number of anilines is 1. The van der Waals surface area contributed by atoms with Gasteiger partial charge in [-0.2, -0.15) is 0 Å². The van der Waals surface area contributed by atoms with Gasteiger partial charge in [-0.25, -0.2) is 0 Å². The average Bonchev–Trinajstić information content (AvgIpc) is 2.15. The van der Waals surface area contributed by atoms with Crippen LogP contribution in [0.2, 0.25) is 0 Å². The highest BCUT2D eigenvalue weighted by atomic mass is 35.5. The van der Waals surface area contributed by atoms with Crippen LogP contribution in [-0.4, -0.2) is 31.7 Å². The van der Waals surface area contributed by atoms with E-state index < -0.39 is 0 Å². The molecule has 0 unspecified atom stereocenters. The van der Waals surface area contributed by atoms with Crippen LogP contribution in [0.1, 0.15) is 5.56 Å². The summed E-state index contributed by atoms with van der Waals surface area (Å²) in [6.45, 7) is 3.81. The van der Waals surface area contributed by atoms with E-state index in [0.29, 0.717) is 0 Å². The third kappa shape index (κ3) is 4.34. The smallest absolute Gasteiger partial charge is 0.250 e. The summed E-state index contributed by atoms with van der Waals surface area (Å²) >= 11 is 0. The number of halogens is 1. The maximum Gasteiger partial charge on any atom is 0.250 e. The summed E-state index contributed by atoms with van der Waals surface area (Å²) in [5.41, 5.74) is 1.95. The number of aryl methyl sites for hydroxylation is 1. The van der Waals surface area contributed by atoms with Crippen molar-refractivity contribution in [2.75, 3.05) is 25.0 Å². The second-order valence-electron chi connectivity index (χ2n) is 4.01. The van der Waals surface area contributed by atoms with Gasteiger partial charge in [-0.15, -0.1) is 12.4 Å². The van der Waals surface area contributed by atoms with Crippen LogP contribution in [0.15, 0.2) is 24.3 Å². The molecule has 0 spiro atoms. The largest absolute Gasteiger partial charge is 0.366 e. The van der Waals surface area contributed by atoms with Gasteiger partial charge in [0, 0.05) is 18.8 Å². The zero-order valence-electron chi connectivity index (χ0n) is 9.73. The molecule has 1 aliphatic rings. The highest BCUT2D eigenvalue weighted by molar-refractivity contribution is 5.91. The molecule has 1 saturated heterocycles. The summed E-state index contributed by atoms with van der Waals surface area (Å²) in [5, 5.41) is 5.89. The lowest BCUT2D eigenvalue weighted by Gasteiger charge is -2.26. The molecule has 5 heteroatoms. The first-order valence-corrected chi connectivity index (χ1v) is 5.43. The standard InChI is InChI=1S/C12H16N2O2.ClH/c1-9-3-2-4-10(5-9)14-12(15)8-16-11-6-13-7-11;/h2-5,11,13H,6-8H2,1H3,(H,14,15);1H. The van der Waals surface area contributed by atoms with Crippen molar-refractivity contribution in [2.45, 2.75) is 13.0 Å². The van der Waals surface area contributed by atoms with Gasteiger partial charge in [0.25, 0.3) is 0 Å². The minimum atomic E-state index is -0.0995. The minimum absolute atomic E-state index is 0. The highest BCUT2D eigenvalue weighted by Gasteiger charge is 2.18. The van der Waals surface area contributed by atoms with Crippen molar-refractivity contribution >= 4 is 24.0 Å². The Kier molecular flexibility index (Phi) is 5.41. The van der Waals surface area contributed by atoms with Gasteiger partial charge in [-0.3, -0.25) is 4.79 Å². The van der Waals surface area contributed by atoms with E-state index in [-0.39, 0.29) is 31.0 Å². The number of ether oxygens (including phenoxy) is 1. The van der Waals surface area contributed by atoms with E-state index in [1.807, 2.05) is 31.2 Å². The molecule has 0 saturated carbocycles. The molecule has 0 atom stereocenters. The Balaban J connectivity index is 0.00000144. The quantitative estimate of drug-likeness (QED) is 0.855. The van der Waals surface area contributed by atoms with Gasteiger partial charge < -0.3 is 15.4 Å². The van der Waals surface area contributed by atoms with Crippen LogP contribution < -0.4 is 10.6 Å². The molecule has 17 heavy (non-hydrogen) atoms. The Morgan fingerprint density at radius 2 is 2.29 bits per heavy atom. The van der Waals surface area contributed by atoms with Gasteiger partial charge in [-0.1, -0.05) is 12.1 Å². The van der Waals surface area contributed by atoms with Gasteiger partial charge in [-0.05, 0) is 24.6 Å². The maximum atomic E-state index is 11.5. The summed E-state index contributed by atoms with van der Waals surface area (Å²) in [6, 6.07) is 7.71. The number of carbonyl (C=O) groups excluding carboxylic acids is 1. The molecule has 1 aromatic carbocycles. The third-order valence-corrected chi connectivity index (χ3v) is 2.50. The topological polar surface area (TPSA) is 50.4 Å². The summed E-state index contributed by atoms with van der Waals surface area (Å²) in [6.07, 6.45) is 0.197. The van der Waals surface area contributed by atoms with Crippen molar-refractivity contribution in [3.05, 3.63) is 29.8 Å². The minimum Gasteiger partial charge on any atom is -0.366 e. The Morgan fingerprint density at radius 1 is 1.53 bits per heavy atom. The Labute approximate surface area is 107 Å². The average molecular weight is 257 g/mol. The number of rotatable bonds is 4. The molecule has 0 aromatic heterocycles. The maximum absolute atomic E-state index is 11.5. The fourth-order valence-corrected chi connectivity index (χ4v) is 1.49. The normalized spacial score (nSPS) is 14.6. The lowest BCUT2D eigenvalue weighted by molar-refractivity contribution is -0.123. The van der Waals surface area contributed by atoms with Crippen LogP contribution in [0.5, 0.6) is 0 Å². The molecule has 2 N–H and O–H groups in total. The van der Waals surface area contributed by atoms with Crippen LogP contribution in [0.25, 0.3) is 0 Å². The molecule has 0 radical (unpaired) electrons. The van der Waals surface area contributed by atoms with E-state index in [1.54, 1.807) is 0 Å². The zero-order valence-corrected chi connectivity index (χ0v) is 10.5. The number of hydrogen-bond donors (Lipinski definition) is 2. The van der Waals surface area contributed by atoms with Crippen molar-refractivity contribution < 1.29 is 9.53 Å². The van der Waals surface area contributed by atoms with E-state index in [4.69, 9.17) is 4.74 Å². The molecule has 1 aromatic rings. The predicted octanol–water partition coefficient (Wildman–Crippen LogP) is 1.34. The molecule has 1 aliphatic heterocycles. The summed E-state index contributed by atoms with van der Waals surface area (Å²) in [5.74, 6) is -0.0995. The van der Waals surface area contributed by atoms with Gasteiger partial charge in [0.1, 0.15) is 6.61 Å². The van der Waals surface area contributed by atoms with Crippen molar-refractivity contribution in [3.63, 3.8) is 0 Å². The first kappa shape index (κ1) is 14.0. The van der Waals surface area contributed by atoms with E-state index in [0.717, 1.165) is 24.3 Å². The molecule has 1 amide bonds. The molecular weight excluding hydrogens is 240 g/mol. The second-order valence-corrected chi connectivity index (χ2v) is 4.01. The molecule has 0 aliphatic carbocycles. The number of hydrogen-bond acceptors (Lipinski definition) is 3. The Bertz CT molecular complexity index is 381. The van der Waals surface area contributed by atoms with E-state index in [2.05, 4.69) is 10.6 Å². The summed E-state index contributed by atoms with van der Waals surface area (Å²) < 4.78 is 5.37. The van der Waals surface area contributed by atoms with Gasteiger partial charge in [0.2, 0.25) is 5.91 Å². The second kappa shape index (κ2) is 6.59. The monoisotopic (exact) mass is 256 g/mol. The van der Waals surface area contributed by atoms with Gasteiger partial charge >= 0.3 is 0 Å². The molecule has 2 rings (SSSR count). The number of amides is 1.